The van der Waals surface area contributed by atoms with E-state index in [1.54, 1.807) is 0 Å². The normalized spacial score (nSPS) is 13.0. The van der Waals surface area contributed by atoms with Crippen LogP contribution < -0.4 is 4.80 Å². The number of nitrogens with zero attached hydrogens (tertiary/aromatic N) is 2. The summed E-state index contributed by atoms with van der Waals surface area (Å²) in [4.78, 5) is 17.3. The number of aromatic nitrogens is 1. The molecule has 4 nitrogen and oxygen atoms in total. The first-order valence-electron chi connectivity index (χ1n) is 7.28. The van der Waals surface area contributed by atoms with E-state index >= 15 is 0 Å². The van der Waals surface area contributed by atoms with Gasteiger partial charge in [0.25, 0.3) is 5.91 Å². The van der Waals surface area contributed by atoms with Crippen molar-refractivity contribution in [1.82, 2.24) is 4.57 Å². The molecular weight excluding hydrogens is 364 g/mol. The number of benzene rings is 1. The minimum atomic E-state index is -0.478. The number of hydrogen-bond donors (Lipinski definition) is 0. The molecule has 2 rings (SSSR count). The molecule has 1 aromatic heterocycles. The van der Waals surface area contributed by atoms with Crippen molar-refractivity contribution in [3.05, 3.63) is 27.5 Å². The Bertz CT molecular complexity index is 741. The molecule has 0 radical (unpaired) electrons. The van der Waals surface area contributed by atoms with E-state index in [1.807, 2.05) is 39.8 Å². The molecule has 0 saturated heterocycles. The lowest BCUT2D eigenvalue weighted by Crippen LogP contribution is -2.24. The third-order valence-electron chi connectivity index (χ3n) is 3.15. The largest absolute Gasteiger partial charge is 0.380 e. The van der Waals surface area contributed by atoms with Crippen molar-refractivity contribution >= 4 is 43.4 Å². The van der Waals surface area contributed by atoms with Crippen LogP contribution in [0.4, 0.5) is 0 Å². The molecule has 0 aliphatic heterocycles. The summed E-state index contributed by atoms with van der Waals surface area (Å²) >= 11 is 5.02. The van der Waals surface area contributed by atoms with Crippen LogP contribution in [-0.2, 0) is 16.1 Å². The summed E-state index contributed by atoms with van der Waals surface area (Å²) in [5.41, 5.74) is 0.600. The Morgan fingerprint density at radius 2 is 2.14 bits per heavy atom. The van der Waals surface area contributed by atoms with Gasteiger partial charge in [0.15, 0.2) is 4.80 Å². The Balaban J connectivity index is 2.53. The van der Waals surface area contributed by atoms with Gasteiger partial charge in [0.2, 0.25) is 0 Å². The molecule has 0 saturated carbocycles. The maximum atomic E-state index is 12.2. The van der Waals surface area contributed by atoms with Gasteiger partial charge >= 0.3 is 0 Å². The van der Waals surface area contributed by atoms with E-state index in [9.17, 15) is 4.79 Å². The van der Waals surface area contributed by atoms with Crippen LogP contribution in [0.3, 0.4) is 0 Å². The van der Waals surface area contributed by atoms with Gasteiger partial charge in [-0.25, -0.2) is 0 Å². The van der Waals surface area contributed by atoms with Gasteiger partial charge in [-0.1, -0.05) is 48.0 Å². The van der Waals surface area contributed by atoms with E-state index in [0.717, 1.165) is 19.5 Å². The highest BCUT2D eigenvalue weighted by Gasteiger charge is 2.21. The molecular formula is C16H21BrN2O2S. The highest BCUT2D eigenvalue weighted by atomic mass is 79.9. The number of fused-ring (bicyclic) bond motifs is 1. The van der Waals surface area contributed by atoms with Crippen molar-refractivity contribution < 1.29 is 9.53 Å². The highest BCUT2D eigenvalue weighted by molar-refractivity contribution is 9.10. The summed E-state index contributed by atoms with van der Waals surface area (Å²) in [6.07, 6.45) is 0. The number of rotatable bonds is 4. The summed E-state index contributed by atoms with van der Waals surface area (Å²) in [5.74, 6) is -0.108. The van der Waals surface area contributed by atoms with Crippen LogP contribution in [0, 0.1) is 5.41 Å². The van der Waals surface area contributed by atoms with Crippen LogP contribution in [0.5, 0.6) is 0 Å². The van der Waals surface area contributed by atoms with E-state index in [1.165, 1.54) is 11.3 Å². The zero-order valence-corrected chi connectivity index (χ0v) is 15.8. The molecule has 2 aromatic rings. The molecule has 0 unspecified atom stereocenters. The van der Waals surface area contributed by atoms with Crippen molar-refractivity contribution in [2.24, 2.45) is 10.4 Å². The van der Waals surface area contributed by atoms with E-state index in [-0.39, 0.29) is 5.91 Å². The van der Waals surface area contributed by atoms with Crippen LogP contribution in [0.1, 0.15) is 27.7 Å². The Kier molecular flexibility index (Phi) is 5.58. The minimum absolute atomic E-state index is 0.108. The Hall–Kier alpha value is -0.980. The van der Waals surface area contributed by atoms with Gasteiger partial charge in [-0.2, -0.15) is 4.99 Å². The molecule has 0 atom stereocenters. The summed E-state index contributed by atoms with van der Waals surface area (Å²) in [6.45, 7) is 9.60. The first-order valence-corrected chi connectivity index (χ1v) is 8.89. The molecule has 0 aliphatic rings. The van der Waals surface area contributed by atoms with Gasteiger partial charge in [0.1, 0.15) is 0 Å². The monoisotopic (exact) mass is 384 g/mol. The van der Waals surface area contributed by atoms with E-state index in [0.29, 0.717) is 19.8 Å². The lowest BCUT2D eigenvalue weighted by atomic mass is 9.96. The van der Waals surface area contributed by atoms with Gasteiger partial charge in [0, 0.05) is 23.0 Å². The third-order valence-corrected chi connectivity index (χ3v) is 4.68. The molecule has 1 amide bonds. The highest BCUT2D eigenvalue weighted by Crippen LogP contribution is 2.23. The van der Waals surface area contributed by atoms with Gasteiger partial charge in [-0.05, 0) is 25.1 Å². The summed E-state index contributed by atoms with van der Waals surface area (Å²) < 4.78 is 9.64. The molecule has 0 bridgehead atoms. The maximum absolute atomic E-state index is 12.2. The predicted octanol–water partition coefficient (Wildman–Crippen LogP) is 3.98. The number of halogens is 1. The SMILES string of the molecule is CCOCCn1c(=NC(=O)C(C)(C)C)sc2cc(Br)ccc21. The molecule has 0 N–H and O–H groups in total. The van der Waals surface area contributed by atoms with Gasteiger partial charge < -0.3 is 9.30 Å². The summed E-state index contributed by atoms with van der Waals surface area (Å²) in [6, 6.07) is 6.10. The van der Waals surface area contributed by atoms with Gasteiger partial charge in [-0.15, -0.1) is 0 Å². The summed E-state index contributed by atoms with van der Waals surface area (Å²) in [7, 11) is 0. The number of carbonyl (C=O) groups is 1. The Morgan fingerprint density at radius 3 is 2.77 bits per heavy atom. The fraction of sp³-hybridized carbons (Fsp3) is 0.500. The first kappa shape index (κ1) is 17.4. The molecule has 120 valence electrons. The van der Waals surface area contributed by atoms with Crippen molar-refractivity contribution in [2.45, 2.75) is 34.2 Å². The lowest BCUT2D eigenvalue weighted by molar-refractivity contribution is -0.125. The maximum Gasteiger partial charge on any atom is 0.253 e. The van der Waals surface area contributed by atoms with E-state index in [4.69, 9.17) is 4.74 Å². The van der Waals surface area contributed by atoms with Gasteiger partial charge in [-0.3, -0.25) is 4.79 Å². The number of amides is 1. The minimum Gasteiger partial charge on any atom is -0.380 e. The number of ether oxygens (including phenoxy) is 1. The van der Waals surface area contributed by atoms with Gasteiger partial charge in [0.05, 0.1) is 16.8 Å². The molecule has 0 aliphatic carbocycles. The second kappa shape index (κ2) is 7.06. The third kappa shape index (κ3) is 4.06. The molecule has 0 spiro atoms. The number of carbonyl (C=O) groups excluding carboxylic acids is 1. The molecule has 1 heterocycles. The summed E-state index contributed by atoms with van der Waals surface area (Å²) in [5, 5.41) is 0. The second-order valence-electron chi connectivity index (χ2n) is 6.01. The van der Waals surface area contributed by atoms with E-state index < -0.39 is 5.41 Å². The topological polar surface area (TPSA) is 43.6 Å². The predicted molar refractivity (Wildman–Crippen MR) is 94.0 cm³/mol. The van der Waals surface area contributed by atoms with Crippen molar-refractivity contribution in [3.63, 3.8) is 0 Å². The number of thiazole rings is 1. The smallest absolute Gasteiger partial charge is 0.253 e. The quantitative estimate of drug-likeness (QED) is 0.748. The Morgan fingerprint density at radius 1 is 1.41 bits per heavy atom. The van der Waals surface area contributed by atoms with E-state index in [2.05, 4.69) is 31.6 Å². The molecule has 22 heavy (non-hydrogen) atoms. The molecule has 1 aromatic carbocycles. The zero-order valence-electron chi connectivity index (χ0n) is 13.4. The van der Waals surface area contributed by atoms with Crippen molar-refractivity contribution in [2.75, 3.05) is 13.2 Å². The Labute approximate surface area is 143 Å². The lowest BCUT2D eigenvalue weighted by Gasteiger charge is -2.12. The molecule has 0 fully saturated rings. The van der Waals surface area contributed by atoms with Crippen LogP contribution in [0.2, 0.25) is 0 Å². The molecule has 6 heteroatoms. The zero-order chi connectivity index (χ0) is 16.3. The standard InChI is InChI=1S/C16H21BrN2O2S/c1-5-21-9-8-19-12-7-6-11(17)10-13(12)22-15(19)18-14(20)16(2,3)4/h6-7,10H,5,8-9H2,1-4H3. The van der Waals surface area contributed by atoms with Crippen molar-refractivity contribution in [3.8, 4) is 0 Å². The van der Waals surface area contributed by atoms with Crippen molar-refractivity contribution in [1.29, 1.82) is 0 Å². The van der Waals surface area contributed by atoms with Crippen LogP contribution in [0.25, 0.3) is 10.2 Å². The first-order chi connectivity index (χ1) is 10.3. The number of hydrogen-bond acceptors (Lipinski definition) is 3. The average Bonchev–Trinajstić information content (AvgIpc) is 2.75. The average molecular weight is 385 g/mol. The second-order valence-corrected chi connectivity index (χ2v) is 7.94. The van der Waals surface area contributed by atoms with Crippen LogP contribution >= 0.6 is 27.3 Å². The fourth-order valence-corrected chi connectivity index (χ4v) is 3.51. The van der Waals surface area contributed by atoms with Crippen LogP contribution in [-0.4, -0.2) is 23.7 Å². The fourth-order valence-electron chi connectivity index (χ4n) is 1.90. The van der Waals surface area contributed by atoms with Crippen LogP contribution in [0.15, 0.2) is 27.7 Å².